The van der Waals surface area contributed by atoms with Crippen molar-refractivity contribution < 1.29 is 48.0 Å². The number of imide groups is 1. The molecule has 0 atom stereocenters. The topological polar surface area (TPSA) is 240 Å². The molecule has 17 nitrogen and oxygen atoms in total. The molecule has 0 bridgehead atoms. The number of oxime groups is 1. The molecule has 0 aromatic carbocycles. The quantitative estimate of drug-likeness (QED) is 0.0170. The smallest absolute Gasteiger partial charge is 0.429 e. The molecule has 0 aliphatic carbocycles. The average molecular weight is 701 g/mol. The number of pyridine rings is 1. The molecule has 3 aromatic heterocycles. The van der Waals surface area contributed by atoms with E-state index in [0.29, 0.717) is 26.5 Å². The number of rotatable bonds is 13. The number of nitrogens with one attached hydrogen (secondary N) is 2. The summed E-state index contributed by atoms with van der Waals surface area (Å²) < 4.78 is 17.2. The largest absolute Gasteiger partial charge is 0.543 e. The van der Waals surface area contributed by atoms with Gasteiger partial charge in [-0.05, 0) is 6.92 Å². The summed E-state index contributed by atoms with van der Waals surface area (Å²) in [7, 11) is -2.87. The van der Waals surface area contributed by atoms with Gasteiger partial charge in [0.2, 0.25) is 16.7 Å². The van der Waals surface area contributed by atoms with Gasteiger partial charge in [0.15, 0.2) is 22.8 Å². The number of aryl methyl sites for hydroxylation is 1. The van der Waals surface area contributed by atoms with Crippen LogP contribution in [-0.2, 0) is 35.6 Å². The predicted molar refractivity (Wildman–Crippen MR) is 158 cm³/mol. The van der Waals surface area contributed by atoms with E-state index < -0.39 is 54.7 Å². The monoisotopic (exact) mass is 700 g/mol. The van der Waals surface area contributed by atoms with Crippen molar-refractivity contribution in [2.24, 2.45) is 12.2 Å². The second-order valence-electron chi connectivity index (χ2n) is 8.43. The first-order chi connectivity index (χ1) is 20.8. The van der Waals surface area contributed by atoms with Crippen LogP contribution < -0.4 is 20.1 Å². The van der Waals surface area contributed by atoms with Gasteiger partial charge in [-0.1, -0.05) is 16.9 Å². The van der Waals surface area contributed by atoms with Gasteiger partial charge in [0.1, 0.15) is 13.7 Å². The maximum Gasteiger partial charge on any atom is 0.429 e. The van der Waals surface area contributed by atoms with Crippen LogP contribution in [0.2, 0.25) is 0 Å². The maximum absolute atomic E-state index is 13.0. The van der Waals surface area contributed by atoms with Gasteiger partial charge < -0.3 is 29.8 Å². The van der Waals surface area contributed by atoms with Crippen molar-refractivity contribution in [3.05, 3.63) is 46.3 Å². The number of carbonyl (C=O) groups excluding carboxylic acids is 4. The Hall–Kier alpha value is -3.72. The fourth-order valence-corrected chi connectivity index (χ4v) is 6.92. The van der Waals surface area contributed by atoms with E-state index in [1.165, 1.54) is 11.3 Å². The zero-order chi connectivity index (χ0) is 32.2. The predicted octanol–water partition coefficient (Wildman–Crippen LogP) is -0.732. The van der Waals surface area contributed by atoms with Crippen LogP contribution in [0, 0.1) is 0 Å². The van der Waals surface area contributed by atoms with E-state index >= 15 is 0 Å². The van der Waals surface area contributed by atoms with E-state index in [1.807, 2.05) is 36.1 Å². The number of carbonyl (C=O) groups is 4. The van der Waals surface area contributed by atoms with Crippen LogP contribution in [0.25, 0.3) is 11.3 Å². The molecule has 1 aliphatic heterocycles. The normalized spacial score (nSPS) is 14.7. The summed E-state index contributed by atoms with van der Waals surface area (Å²) in [6, 6.07) is 1.90. The Morgan fingerprint density at radius 1 is 1.27 bits per heavy atom. The number of thioether (sulfide) groups is 1. The lowest BCUT2D eigenvalue weighted by Gasteiger charge is -2.38. The number of carboxylic acid groups (broad SMARTS) is 1. The molecule has 3 aromatic rings. The number of likely N-dealkylation sites (tertiary alicyclic amines) is 1. The Kier molecular flexibility index (Phi) is 10.5. The lowest BCUT2D eigenvalue weighted by atomic mass is 10.0. The number of carboxylic acids is 1. The fourth-order valence-electron chi connectivity index (χ4n) is 3.45. The molecule has 232 valence electrons. The van der Waals surface area contributed by atoms with E-state index in [9.17, 15) is 28.8 Å². The minimum Gasteiger partial charge on any atom is -0.543 e. The van der Waals surface area contributed by atoms with E-state index in [1.54, 1.807) is 17.4 Å². The lowest BCUT2D eigenvalue weighted by Crippen LogP contribution is -2.69. The molecule has 0 radical (unpaired) electrons. The SMILES string of the molecule is CCO/N=C(\C(=O)NC1C(=O)N(C(C(=O)[O-])=C(CS)Sc2nc(-c3cc[n+](C)cc3)cs2)C1=O)c1nsc(NP(=O)(O)O)n1. The van der Waals surface area contributed by atoms with Gasteiger partial charge in [-0.15, -0.1) is 11.3 Å². The molecule has 0 unspecified atom stereocenters. The van der Waals surface area contributed by atoms with Crippen molar-refractivity contribution in [3.63, 3.8) is 0 Å². The van der Waals surface area contributed by atoms with Crippen LogP contribution in [0.5, 0.6) is 0 Å². The van der Waals surface area contributed by atoms with Crippen molar-refractivity contribution in [1.29, 1.82) is 0 Å². The summed E-state index contributed by atoms with van der Waals surface area (Å²) in [5, 5.41) is 21.0. The molecule has 0 spiro atoms. The van der Waals surface area contributed by atoms with Gasteiger partial charge >= 0.3 is 7.75 Å². The van der Waals surface area contributed by atoms with Crippen LogP contribution in [0.15, 0.2) is 50.0 Å². The van der Waals surface area contributed by atoms with Crippen LogP contribution >= 0.6 is 55.0 Å². The second kappa shape index (κ2) is 13.9. The standard InChI is InChI=1S/C22H21N8O9PS4/c1-3-39-26-13(16-25-21(44-28-16)27-40(36,37)38)17(31)24-14-18(32)30(19(14)33)15(20(34)35)12(8-41)43-22-23-11(9-42-22)10-4-6-29(2)7-5-10/h4-7,9,14H,3,8H2,1-2H3,(H5-,24,25,27,28,31,34,35,36,37,38,41)/b15-12?,26-13-. The summed E-state index contributed by atoms with van der Waals surface area (Å²) in [4.78, 5) is 82.7. The number of nitrogens with zero attached hydrogens (tertiary/aromatic N) is 6. The Morgan fingerprint density at radius 3 is 2.55 bits per heavy atom. The molecular formula is C22H21N8O9PS4. The zero-order valence-corrected chi connectivity index (χ0v) is 26.7. The molecule has 1 fully saturated rings. The molecule has 22 heteroatoms. The molecule has 4 N–H and O–H groups in total. The van der Waals surface area contributed by atoms with E-state index in [2.05, 4.69) is 37.4 Å². The van der Waals surface area contributed by atoms with Crippen LogP contribution in [0.3, 0.4) is 0 Å². The van der Waals surface area contributed by atoms with Crippen molar-refractivity contribution in [3.8, 4) is 11.3 Å². The lowest BCUT2D eigenvalue weighted by molar-refractivity contribution is -0.671. The van der Waals surface area contributed by atoms with Gasteiger partial charge in [0.05, 0.1) is 17.4 Å². The molecule has 3 amide bonds. The Balaban J connectivity index is 1.53. The summed E-state index contributed by atoms with van der Waals surface area (Å²) >= 11 is 6.78. The highest BCUT2D eigenvalue weighted by Gasteiger charge is 2.51. The first kappa shape index (κ1) is 33.2. The molecular weight excluding hydrogens is 680 g/mol. The number of aromatic nitrogens is 4. The Labute approximate surface area is 265 Å². The van der Waals surface area contributed by atoms with Gasteiger partial charge in [-0.25, -0.2) is 19.0 Å². The number of β-lactam (4-membered cyclic amide) rings is 2. The summed E-state index contributed by atoms with van der Waals surface area (Å²) in [5.74, 6) is -5.75. The number of aliphatic carboxylic acids is 1. The molecule has 1 saturated heterocycles. The molecule has 4 heterocycles. The van der Waals surface area contributed by atoms with Gasteiger partial charge in [-0.2, -0.15) is 22.0 Å². The van der Waals surface area contributed by atoms with Crippen LogP contribution in [-0.4, -0.2) is 76.8 Å². The number of thiazole rings is 1. The minimum atomic E-state index is -4.73. The van der Waals surface area contributed by atoms with Crippen molar-refractivity contribution in [1.82, 2.24) is 24.6 Å². The molecule has 44 heavy (non-hydrogen) atoms. The van der Waals surface area contributed by atoms with Gasteiger partial charge in [0.25, 0.3) is 17.7 Å². The third kappa shape index (κ3) is 7.67. The summed E-state index contributed by atoms with van der Waals surface area (Å²) in [6.07, 6.45) is 3.68. The van der Waals surface area contributed by atoms with E-state index in [0.717, 1.165) is 17.3 Å². The number of anilines is 1. The van der Waals surface area contributed by atoms with Gasteiger partial charge in [-0.3, -0.25) is 19.5 Å². The van der Waals surface area contributed by atoms with Crippen LogP contribution in [0.4, 0.5) is 5.13 Å². The molecule has 4 rings (SSSR count). The fraction of sp³-hybridized carbons (Fsp3) is 0.227. The number of thiol groups is 1. The minimum absolute atomic E-state index is 0.00179. The van der Waals surface area contributed by atoms with E-state index in [-0.39, 0.29) is 22.4 Å². The average Bonchev–Trinajstić information content (AvgIpc) is 3.62. The molecule has 0 saturated carbocycles. The highest BCUT2D eigenvalue weighted by molar-refractivity contribution is 8.05. The Bertz CT molecular complexity index is 1700. The van der Waals surface area contributed by atoms with Crippen molar-refractivity contribution in [2.45, 2.75) is 17.3 Å². The second-order valence-corrected chi connectivity index (χ2v) is 13.0. The highest BCUT2D eigenvalue weighted by atomic mass is 32.2. The number of hydrogen-bond acceptors (Lipinski definition) is 15. The first-order valence-electron chi connectivity index (χ1n) is 12.0. The third-order valence-corrected chi connectivity index (χ3v) is 9.22. The Morgan fingerprint density at radius 2 is 1.95 bits per heavy atom. The zero-order valence-electron chi connectivity index (χ0n) is 22.4. The number of hydrogen-bond donors (Lipinski definition) is 5. The van der Waals surface area contributed by atoms with E-state index in [4.69, 9.17) is 14.6 Å². The third-order valence-electron chi connectivity index (χ3n) is 5.38. The first-order valence-corrected chi connectivity index (χ1v) is 16.7. The van der Waals surface area contributed by atoms with Gasteiger partial charge in [0, 0.05) is 45.3 Å². The highest BCUT2D eigenvalue weighted by Crippen LogP contribution is 2.37. The van der Waals surface area contributed by atoms with Crippen molar-refractivity contribution >= 4 is 89.5 Å². The van der Waals surface area contributed by atoms with Crippen molar-refractivity contribution in [2.75, 3.05) is 17.4 Å². The van der Waals surface area contributed by atoms with Crippen LogP contribution in [0.1, 0.15) is 12.7 Å². The summed E-state index contributed by atoms with van der Waals surface area (Å²) in [5.41, 5.74) is 0.0967. The molecule has 1 aliphatic rings. The maximum atomic E-state index is 13.0. The number of amides is 3. The summed E-state index contributed by atoms with van der Waals surface area (Å²) in [6.45, 7) is 1.54.